The largest absolute Gasteiger partial charge is 0.389 e. The van der Waals surface area contributed by atoms with E-state index in [1.54, 1.807) is 6.92 Å². The van der Waals surface area contributed by atoms with Gasteiger partial charge < -0.3 is 11.1 Å². The monoisotopic (exact) mass is 267 g/mol. The number of nitrogens with zero attached hydrogens (tertiary/aromatic N) is 1. The number of amides is 1. The quantitative estimate of drug-likeness (QED) is 0.777. The van der Waals surface area contributed by atoms with Crippen molar-refractivity contribution < 1.29 is 18.0 Å². The number of nitrogens with one attached hydrogen (secondary N) is 1. The van der Waals surface area contributed by atoms with Gasteiger partial charge in [-0.05, 0) is 19.8 Å². The van der Waals surface area contributed by atoms with Crippen molar-refractivity contribution in [3.8, 4) is 0 Å². The Morgan fingerprint density at radius 3 is 2.28 bits per heavy atom. The summed E-state index contributed by atoms with van der Waals surface area (Å²) in [7, 11) is 0. The average Bonchev–Trinajstić information content (AvgIpc) is 2.28. The van der Waals surface area contributed by atoms with Gasteiger partial charge in [0.1, 0.15) is 0 Å². The SMILES string of the molecule is CC(CCCC(F)(F)F)(C(N)=O)N1CCNCC1. The third kappa shape index (κ3) is 4.13. The van der Waals surface area contributed by atoms with Gasteiger partial charge in [0, 0.05) is 32.6 Å². The molecule has 0 aromatic carbocycles. The molecule has 0 aliphatic carbocycles. The Kier molecular flexibility index (Phi) is 4.98. The molecule has 0 aromatic heterocycles. The Morgan fingerprint density at radius 1 is 1.28 bits per heavy atom. The Labute approximate surface area is 105 Å². The van der Waals surface area contributed by atoms with Crippen molar-refractivity contribution in [1.82, 2.24) is 10.2 Å². The van der Waals surface area contributed by atoms with Crippen LogP contribution in [0.2, 0.25) is 0 Å². The number of carbonyl (C=O) groups excluding carboxylic acids is 1. The van der Waals surface area contributed by atoms with E-state index < -0.39 is 24.0 Å². The molecule has 1 atom stereocenters. The predicted molar refractivity (Wildman–Crippen MR) is 61.9 cm³/mol. The van der Waals surface area contributed by atoms with Crippen LogP contribution in [0.3, 0.4) is 0 Å². The molecule has 1 unspecified atom stereocenters. The van der Waals surface area contributed by atoms with Crippen LogP contribution < -0.4 is 11.1 Å². The van der Waals surface area contributed by atoms with Crippen LogP contribution in [0.1, 0.15) is 26.2 Å². The van der Waals surface area contributed by atoms with Gasteiger partial charge in [-0.15, -0.1) is 0 Å². The molecule has 1 fully saturated rings. The number of rotatable bonds is 5. The van der Waals surface area contributed by atoms with Gasteiger partial charge in [-0.2, -0.15) is 13.2 Å². The number of nitrogens with two attached hydrogens (primary N) is 1. The van der Waals surface area contributed by atoms with Crippen molar-refractivity contribution in [2.75, 3.05) is 26.2 Å². The molecule has 0 bridgehead atoms. The molecule has 0 spiro atoms. The third-order valence-electron chi connectivity index (χ3n) is 3.47. The number of hydrogen-bond donors (Lipinski definition) is 2. The predicted octanol–water partition coefficient (Wildman–Crippen LogP) is 0.868. The maximum absolute atomic E-state index is 12.1. The lowest BCUT2D eigenvalue weighted by Gasteiger charge is -2.41. The zero-order valence-corrected chi connectivity index (χ0v) is 10.5. The Bertz CT molecular complexity index is 290. The van der Waals surface area contributed by atoms with Gasteiger partial charge >= 0.3 is 6.18 Å². The van der Waals surface area contributed by atoms with Gasteiger partial charge in [0.15, 0.2) is 0 Å². The van der Waals surface area contributed by atoms with Crippen LogP contribution >= 0.6 is 0 Å². The lowest BCUT2D eigenvalue weighted by molar-refractivity contribution is -0.141. The van der Waals surface area contributed by atoms with E-state index in [9.17, 15) is 18.0 Å². The first kappa shape index (κ1) is 15.2. The zero-order chi connectivity index (χ0) is 13.8. The van der Waals surface area contributed by atoms with E-state index >= 15 is 0 Å². The summed E-state index contributed by atoms with van der Waals surface area (Å²) in [6.45, 7) is 4.35. The summed E-state index contributed by atoms with van der Waals surface area (Å²) in [5.74, 6) is -0.549. The van der Waals surface area contributed by atoms with Crippen LogP contribution in [0.15, 0.2) is 0 Å². The summed E-state index contributed by atoms with van der Waals surface area (Å²) in [4.78, 5) is 13.4. The standard InChI is InChI=1S/C11H20F3N3O/c1-10(9(15)18,3-2-4-11(12,13)14)17-7-5-16-6-8-17/h16H,2-8H2,1H3,(H2,15,18). The highest BCUT2D eigenvalue weighted by Crippen LogP contribution is 2.28. The first-order chi connectivity index (χ1) is 8.26. The van der Waals surface area contributed by atoms with Gasteiger partial charge in [0.25, 0.3) is 0 Å². The molecule has 0 saturated carbocycles. The number of halogens is 3. The van der Waals surface area contributed by atoms with Gasteiger partial charge in [-0.25, -0.2) is 0 Å². The molecular formula is C11H20F3N3O. The Balaban J connectivity index is 2.59. The Morgan fingerprint density at radius 2 is 1.83 bits per heavy atom. The van der Waals surface area contributed by atoms with Crippen LogP contribution in [-0.2, 0) is 4.79 Å². The van der Waals surface area contributed by atoms with E-state index in [2.05, 4.69) is 5.32 Å². The number of carbonyl (C=O) groups is 1. The van der Waals surface area contributed by atoms with Crippen LogP contribution in [0, 0.1) is 0 Å². The van der Waals surface area contributed by atoms with Crippen molar-refractivity contribution in [3.05, 3.63) is 0 Å². The minimum atomic E-state index is -4.18. The van der Waals surface area contributed by atoms with Crippen molar-refractivity contribution >= 4 is 5.91 Å². The lowest BCUT2D eigenvalue weighted by Crippen LogP contribution is -2.60. The summed E-state index contributed by atoms with van der Waals surface area (Å²) in [5, 5.41) is 3.13. The summed E-state index contributed by atoms with van der Waals surface area (Å²) >= 11 is 0. The van der Waals surface area contributed by atoms with Gasteiger partial charge in [-0.1, -0.05) is 0 Å². The van der Waals surface area contributed by atoms with E-state index in [-0.39, 0.29) is 12.8 Å². The highest BCUT2D eigenvalue weighted by molar-refractivity contribution is 5.84. The van der Waals surface area contributed by atoms with Gasteiger partial charge in [0.2, 0.25) is 5.91 Å². The summed E-state index contributed by atoms with van der Waals surface area (Å²) in [6, 6.07) is 0. The van der Waals surface area contributed by atoms with Crippen LogP contribution in [0.4, 0.5) is 13.2 Å². The highest BCUT2D eigenvalue weighted by Gasteiger charge is 2.39. The average molecular weight is 267 g/mol. The smallest absolute Gasteiger partial charge is 0.368 e. The minimum absolute atomic E-state index is 0.0765. The fraction of sp³-hybridized carbons (Fsp3) is 0.909. The second kappa shape index (κ2) is 5.88. The lowest BCUT2D eigenvalue weighted by atomic mass is 9.91. The first-order valence-electron chi connectivity index (χ1n) is 6.08. The molecule has 1 saturated heterocycles. The number of hydrogen-bond acceptors (Lipinski definition) is 3. The van der Waals surface area contributed by atoms with Gasteiger partial charge in [0.05, 0.1) is 5.54 Å². The summed E-state index contributed by atoms with van der Waals surface area (Å²) < 4.78 is 36.4. The highest BCUT2D eigenvalue weighted by atomic mass is 19.4. The fourth-order valence-electron chi connectivity index (χ4n) is 2.23. The maximum Gasteiger partial charge on any atom is 0.389 e. The molecule has 1 amide bonds. The molecule has 18 heavy (non-hydrogen) atoms. The summed E-state index contributed by atoms with van der Waals surface area (Å²) in [5.41, 5.74) is 4.39. The van der Waals surface area contributed by atoms with Crippen LogP contribution in [0.5, 0.6) is 0 Å². The fourth-order valence-corrected chi connectivity index (χ4v) is 2.23. The van der Waals surface area contributed by atoms with Crippen molar-refractivity contribution in [2.45, 2.75) is 37.9 Å². The second-order valence-electron chi connectivity index (χ2n) is 4.84. The van der Waals surface area contributed by atoms with E-state index in [1.807, 2.05) is 4.90 Å². The molecule has 1 aliphatic rings. The van der Waals surface area contributed by atoms with E-state index in [1.165, 1.54) is 0 Å². The third-order valence-corrected chi connectivity index (χ3v) is 3.47. The van der Waals surface area contributed by atoms with E-state index in [0.717, 1.165) is 13.1 Å². The molecule has 0 aromatic rings. The van der Waals surface area contributed by atoms with Crippen molar-refractivity contribution in [2.24, 2.45) is 5.73 Å². The molecule has 106 valence electrons. The molecule has 4 nitrogen and oxygen atoms in total. The van der Waals surface area contributed by atoms with Crippen LogP contribution in [0.25, 0.3) is 0 Å². The van der Waals surface area contributed by atoms with Crippen molar-refractivity contribution in [1.29, 1.82) is 0 Å². The van der Waals surface area contributed by atoms with E-state index in [0.29, 0.717) is 13.1 Å². The molecule has 1 aliphatic heterocycles. The first-order valence-corrected chi connectivity index (χ1v) is 6.08. The normalized spacial score (nSPS) is 21.6. The molecule has 3 N–H and O–H groups in total. The molecule has 0 radical (unpaired) electrons. The zero-order valence-electron chi connectivity index (χ0n) is 10.5. The molecular weight excluding hydrogens is 247 g/mol. The Hall–Kier alpha value is -0.820. The molecule has 1 heterocycles. The van der Waals surface area contributed by atoms with Gasteiger partial charge in [-0.3, -0.25) is 9.69 Å². The second-order valence-corrected chi connectivity index (χ2v) is 4.84. The molecule has 7 heteroatoms. The number of alkyl halides is 3. The summed E-state index contributed by atoms with van der Waals surface area (Å²) in [6.07, 6.45) is -4.99. The number of primary amides is 1. The van der Waals surface area contributed by atoms with Crippen LogP contribution in [-0.4, -0.2) is 48.7 Å². The maximum atomic E-state index is 12.1. The van der Waals surface area contributed by atoms with E-state index in [4.69, 9.17) is 5.73 Å². The topological polar surface area (TPSA) is 58.4 Å². The molecule has 1 rings (SSSR count). The minimum Gasteiger partial charge on any atom is -0.368 e. The van der Waals surface area contributed by atoms with Crippen molar-refractivity contribution in [3.63, 3.8) is 0 Å². The number of piperazine rings is 1.